The Bertz CT molecular complexity index is 286. The molecule has 0 aliphatic carbocycles. The van der Waals surface area contributed by atoms with Crippen LogP contribution >= 0.6 is 0 Å². The van der Waals surface area contributed by atoms with E-state index in [1.54, 1.807) is 7.05 Å². The summed E-state index contributed by atoms with van der Waals surface area (Å²) < 4.78 is 5.32. The van der Waals surface area contributed by atoms with Crippen LogP contribution in [0.1, 0.15) is 12.2 Å². The van der Waals surface area contributed by atoms with Crippen LogP contribution in [0.15, 0.2) is 12.7 Å². The topological polar surface area (TPSA) is 64.9 Å². The van der Waals surface area contributed by atoms with Gasteiger partial charge in [-0.2, -0.15) is 4.80 Å². The molecule has 0 fully saturated rings. The highest BCUT2D eigenvalue weighted by molar-refractivity contribution is 4.74. The molecule has 6 heteroatoms. The average molecular weight is 211 g/mol. The van der Waals surface area contributed by atoms with Gasteiger partial charge in [-0.05, 0) is 11.6 Å². The molecule has 0 saturated heterocycles. The van der Waals surface area contributed by atoms with Crippen LogP contribution in [-0.2, 0) is 18.3 Å². The summed E-state index contributed by atoms with van der Waals surface area (Å²) in [5, 5.41) is 14.8. The first kappa shape index (κ1) is 11.8. The zero-order valence-electron chi connectivity index (χ0n) is 9.02. The van der Waals surface area contributed by atoms with Gasteiger partial charge in [-0.15, -0.1) is 16.8 Å². The van der Waals surface area contributed by atoms with Crippen molar-refractivity contribution in [3.63, 3.8) is 0 Å². The predicted octanol–water partition coefficient (Wildman–Crippen LogP) is -0.108. The lowest BCUT2D eigenvalue weighted by molar-refractivity contribution is 0.140. The van der Waals surface area contributed by atoms with E-state index < -0.39 is 0 Å². The van der Waals surface area contributed by atoms with E-state index in [0.29, 0.717) is 19.0 Å². The molecule has 1 N–H and O–H groups in total. The highest BCUT2D eigenvalue weighted by Gasteiger charge is 1.98. The first-order valence-electron chi connectivity index (χ1n) is 4.95. The zero-order chi connectivity index (χ0) is 10.9. The number of ether oxygens (including phenoxy) is 1. The van der Waals surface area contributed by atoms with Gasteiger partial charge >= 0.3 is 0 Å². The summed E-state index contributed by atoms with van der Waals surface area (Å²) in [6.45, 7) is 6.45. The predicted molar refractivity (Wildman–Crippen MR) is 56.1 cm³/mol. The average Bonchev–Trinajstić information content (AvgIpc) is 2.63. The number of rotatable bonds is 8. The Morgan fingerprint density at radius 1 is 1.53 bits per heavy atom. The summed E-state index contributed by atoms with van der Waals surface area (Å²) in [5.74, 6) is 0.698. The van der Waals surface area contributed by atoms with Crippen LogP contribution in [0.4, 0.5) is 0 Å². The number of nitrogens with zero attached hydrogens (tertiary/aromatic N) is 4. The summed E-state index contributed by atoms with van der Waals surface area (Å²) in [4.78, 5) is 1.44. The number of aryl methyl sites for hydroxylation is 1. The summed E-state index contributed by atoms with van der Waals surface area (Å²) in [7, 11) is 1.74. The maximum atomic E-state index is 5.32. The Labute approximate surface area is 89.3 Å². The lowest BCUT2D eigenvalue weighted by Crippen LogP contribution is -2.20. The van der Waals surface area contributed by atoms with Crippen LogP contribution in [0.25, 0.3) is 0 Å². The van der Waals surface area contributed by atoms with E-state index in [2.05, 4.69) is 27.3 Å². The van der Waals surface area contributed by atoms with Gasteiger partial charge in [0.05, 0.1) is 26.8 Å². The first-order valence-corrected chi connectivity index (χ1v) is 4.95. The van der Waals surface area contributed by atoms with Gasteiger partial charge in [0.2, 0.25) is 0 Å². The van der Waals surface area contributed by atoms with E-state index in [0.717, 1.165) is 19.6 Å². The van der Waals surface area contributed by atoms with Gasteiger partial charge < -0.3 is 10.1 Å². The molecule has 0 amide bonds. The minimum atomic E-state index is 0.624. The van der Waals surface area contributed by atoms with Crippen LogP contribution in [0.3, 0.4) is 0 Å². The highest BCUT2D eigenvalue weighted by Crippen LogP contribution is 1.84. The SMILES string of the molecule is C=CCCOCCNCc1nnn(C)n1. The van der Waals surface area contributed by atoms with Gasteiger partial charge in [-0.3, -0.25) is 0 Å². The third-order valence-electron chi connectivity index (χ3n) is 1.72. The van der Waals surface area contributed by atoms with Crippen molar-refractivity contribution in [3.05, 3.63) is 18.5 Å². The Morgan fingerprint density at radius 3 is 3.07 bits per heavy atom. The molecule has 84 valence electrons. The number of nitrogens with one attached hydrogen (secondary N) is 1. The van der Waals surface area contributed by atoms with E-state index in [1.165, 1.54) is 4.80 Å². The Balaban J connectivity index is 1.95. The third kappa shape index (κ3) is 5.24. The molecule has 0 aliphatic heterocycles. The van der Waals surface area contributed by atoms with Crippen molar-refractivity contribution in [1.82, 2.24) is 25.5 Å². The van der Waals surface area contributed by atoms with Crippen LogP contribution in [0, 0.1) is 0 Å². The van der Waals surface area contributed by atoms with Crippen molar-refractivity contribution in [2.45, 2.75) is 13.0 Å². The van der Waals surface area contributed by atoms with Gasteiger partial charge in [-0.25, -0.2) is 0 Å². The second-order valence-electron chi connectivity index (χ2n) is 3.06. The zero-order valence-corrected chi connectivity index (χ0v) is 9.02. The van der Waals surface area contributed by atoms with Crippen molar-refractivity contribution < 1.29 is 4.74 Å². The van der Waals surface area contributed by atoms with E-state index in [1.807, 2.05) is 6.08 Å². The Hall–Kier alpha value is -1.27. The molecule has 0 spiro atoms. The maximum Gasteiger partial charge on any atom is 0.188 e. The number of hydrogen-bond acceptors (Lipinski definition) is 5. The van der Waals surface area contributed by atoms with Crippen molar-refractivity contribution >= 4 is 0 Å². The summed E-state index contributed by atoms with van der Waals surface area (Å²) >= 11 is 0. The molecule has 0 atom stereocenters. The Morgan fingerprint density at radius 2 is 2.40 bits per heavy atom. The molecule has 0 radical (unpaired) electrons. The molecule has 1 aromatic rings. The van der Waals surface area contributed by atoms with E-state index in [-0.39, 0.29) is 0 Å². The first-order chi connectivity index (χ1) is 7.33. The Kier molecular flexibility index (Phi) is 5.57. The molecule has 0 bridgehead atoms. The van der Waals surface area contributed by atoms with Gasteiger partial charge in [0.25, 0.3) is 0 Å². The van der Waals surface area contributed by atoms with Crippen molar-refractivity contribution in [3.8, 4) is 0 Å². The van der Waals surface area contributed by atoms with Crippen LogP contribution in [0.5, 0.6) is 0 Å². The fourth-order valence-corrected chi connectivity index (χ4v) is 1.01. The minimum absolute atomic E-state index is 0.624. The summed E-state index contributed by atoms with van der Waals surface area (Å²) in [5.41, 5.74) is 0. The summed E-state index contributed by atoms with van der Waals surface area (Å²) in [6, 6.07) is 0. The fourth-order valence-electron chi connectivity index (χ4n) is 1.01. The maximum absolute atomic E-state index is 5.32. The number of aromatic nitrogens is 4. The standard InChI is InChI=1S/C9H17N5O/c1-3-4-6-15-7-5-10-8-9-11-13-14(2)12-9/h3,10H,1,4-8H2,2H3. The highest BCUT2D eigenvalue weighted by atomic mass is 16.5. The minimum Gasteiger partial charge on any atom is -0.380 e. The van der Waals surface area contributed by atoms with E-state index in [4.69, 9.17) is 4.74 Å². The molecule has 1 heterocycles. The molecule has 0 aromatic carbocycles. The largest absolute Gasteiger partial charge is 0.380 e. The molecule has 1 aromatic heterocycles. The molecule has 6 nitrogen and oxygen atoms in total. The van der Waals surface area contributed by atoms with Crippen molar-refractivity contribution in [2.75, 3.05) is 19.8 Å². The summed E-state index contributed by atoms with van der Waals surface area (Å²) in [6.07, 6.45) is 2.74. The molecule has 15 heavy (non-hydrogen) atoms. The molecule has 0 unspecified atom stereocenters. The smallest absolute Gasteiger partial charge is 0.188 e. The number of hydrogen-bond donors (Lipinski definition) is 1. The lowest BCUT2D eigenvalue weighted by atomic mass is 10.4. The van der Waals surface area contributed by atoms with Crippen molar-refractivity contribution in [1.29, 1.82) is 0 Å². The van der Waals surface area contributed by atoms with Gasteiger partial charge in [0, 0.05) is 6.54 Å². The van der Waals surface area contributed by atoms with Gasteiger partial charge in [0.15, 0.2) is 5.82 Å². The second-order valence-corrected chi connectivity index (χ2v) is 3.06. The second kappa shape index (κ2) is 7.08. The van der Waals surface area contributed by atoms with E-state index >= 15 is 0 Å². The normalized spacial score (nSPS) is 10.5. The van der Waals surface area contributed by atoms with Gasteiger partial charge in [0.1, 0.15) is 0 Å². The van der Waals surface area contributed by atoms with E-state index in [9.17, 15) is 0 Å². The fraction of sp³-hybridized carbons (Fsp3) is 0.667. The van der Waals surface area contributed by atoms with Crippen LogP contribution in [0.2, 0.25) is 0 Å². The molecule has 0 aliphatic rings. The molecular weight excluding hydrogens is 194 g/mol. The monoisotopic (exact) mass is 211 g/mol. The third-order valence-corrected chi connectivity index (χ3v) is 1.72. The van der Waals surface area contributed by atoms with Gasteiger partial charge in [-0.1, -0.05) is 6.08 Å². The molecule has 0 saturated carbocycles. The lowest BCUT2D eigenvalue weighted by Gasteiger charge is -2.02. The molecule has 1 rings (SSSR count). The number of tetrazole rings is 1. The molecular formula is C9H17N5O. The van der Waals surface area contributed by atoms with Crippen LogP contribution < -0.4 is 5.32 Å². The quantitative estimate of drug-likeness (QED) is 0.480. The van der Waals surface area contributed by atoms with Crippen LogP contribution in [-0.4, -0.2) is 40.0 Å². The van der Waals surface area contributed by atoms with Crippen molar-refractivity contribution in [2.24, 2.45) is 7.05 Å².